The number of rotatable bonds is 6. The molecule has 3 rings (SSSR count). The second-order valence-electron chi connectivity index (χ2n) is 5.90. The van der Waals surface area contributed by atoms with Gasteiger partial charge < -0.3 is 4.90 Å². The number of anilines is 1. The van der Waals surface area contributed by atoms with Gasteiger partial charge in [-0.1, -0.05) is 34.1 Å². The fourth-order valence-electron chi connectivity index (χ4n) is 2.46. The molecule has 0 aliphatic carbocycles. The average molecular weight is 465 g/mol. The fourth-order valence-corrected chi connectivity index (χ4v) is 4.77. The molecule has 2 aromatic carbocycles. The van der Waals surface area contributed by atoms with Crippen LogP contribution in [0.2, 0.25) is 0 Å². The minimum Gasteiger partial charge on any atom is -0.337 e. The molecular formula is C19H17BrN2O3S2. The maximum Gasteiger partial charge on any atom is 0.271 e. The lowest BCUT2D eigenvalue weighted by molar-refractivity contribution is 0.0785. The Balaban J connectivity index is 1.67. The summed E-state index contributed by atoms with van der Waals surface area (Å²) in [6, 6.07) is 17.4. The molecule has 1 heterocycles. The Morgan fingerprint density at radius 1 is 1.07 bits per heavy atom. The first-order valence-electron chi connectivity index (χ1n) is 8.01. The highest BCUT2D eigenvalue weighted by Crippen LogP contribution is 2.21. The van der Waals surface area contributed by atoms with Gasteiger partial charge in [0.05, 0.1) is 0 Å². The standard InChI is InChI=1S/C19H17BrN2O3S2/c1-22(13-14-4-8-16(20)9-5-14)19(23)15-6-10-17(11-7-15)21-27(24,25)18-3-2-12-26-18/h2-12,21H,13H2,1H3. The van der Waals surface area contributed by atoms with Gasteiger partial charge in [-0.3, -0.25) is 9.52 Å². The van der Waals surface area contributed by atoms with Crippen LogP contribution in [0.15, 0.2) is 74.7 Å². The van der Waals surface area contributed by atoms with Crippen molar-refractivity contribution in [2.24, 2.45) is 0 Å². The molecule has 0 bridgehead atoms. The summed E-state index contributed by atoms with van der Waals surface area (Å²) in [5.41, 5.74) is 1.93. The quantitative estimate of drug-likeness (QED) is 0.580. The molecule has 0 radical (unpaired) electrons. The smallest absolute Gasteiger partial charge is 0.271 e. The van der Waals surface area contributed by atoms with E-state index in [0.29, 0.717) is 17.8 Å². The number of nitrogens with zero attached hydrogens (tertiary/aromatic N) is 1. The van der Waals surface area contributed by atoms with E-state index in [0.717, 1.165) is 21.4 Å². The maximum absolute atomic E-state index is 12.6. The van der Waals surface area contributed by atoms with Crippen LogP contribution < -0.4 is 4.72 Å². The summed E-state index contributed by atoms with van der Waals surface area (Å²) in [4.78, 5) is 14.2. The predicted octanol–water partition coefficient (Wildman–Crippen LogP) is 4.58. The highest BCUT2D eigenvalue weighted by Gasteiger charge is 2.16. The Labute approximate surface area is 170 Å². The maximum atomic E-state index is 12.6. The summed E-state index contributed by atoms with van der Waals surface area (Å²) < 4.78 is 28.2. The lowest BCUT2D eigenvalue weighted by Crippen LogP contribution is -2.26. The summed E-state index contributed by atoms with van der Waals surface area (Å²) in [5, 5.41) is 1.71. The molecule has 0 spiro atoms. The van der Waals surface area contributed by atoms with E-state index >= 15 is 0 Å². The highest BCUT2D eigenvalue weighted by molar-refractivity contribution is 9.10. The van der Waals surface area contributed by atoms with E-state index in [1.165, 1.54) is 0 Å². The molecule has 0 aliphatic rings. The third-order valence-corrected chi connectivity index (χ3v) is 7.13. The van der Waals surface area contributed by atoms with Crippen molar-refractivity contribution in [1.29, 1.82) is 0 Å². The van der Waals surface area contributed by atoms with E-state index in [2.05, 4.69) is 20.7 Å². The Kier molecular flexibility index (Phi) is 5.98. The van der Waals surface area contributed by atoms with Crippen molar-refractivity contribution in [1.82, 2.24) is 4.90 Å². The fraction of sp³-hybridized carbons (Fsp3) is 0.105. The topological polar surface area (TPSA) is 66.5 Å². The van der Waals surface area contributed by atoms with Gasteiger partial charge in [0.1, 0.15) is 4.21 Å². The van der Waals surface area contributed by atoms with E-state index in [4.69, 9.17) is 0 Å². The molecule has 3 aromatic rings. The molecule has 0 aliphatic heterocycles. The number of nitrogens with one attached hydrogen (secondary N) is 1. The Hall–Kier alpha value is -2.16. The van der Waals surface area contributed by atoms with E-state index < -0.39 is 10.0 Å². The Bertz CT molecular complexity index is 1020. The number of halogens is 1. The average Bonchev–Trinajstić information content (AvgIpc) is 3.19. The van der Waals surface area contributed by atoms with E-state index in [1.807, 2.05) is 24.3 Å². The monoisotopic (exact) mass is 464 g/mol. The predicted molar refractivity (Wildman–Crippen MR) is 112 cm³/mol. The Morgan fingerprint density at radius 2 is 1.74 bits per heavy atom. The Morgan fingerprint density at radius 3 is 2.33 bits per heavy atom. The second kappa shape index (κ2) is 8.24. The van der Waals surface area contributed by atoms with Crippen molar-refractivity contribution < 1.29 is 13.2 Å². The van der Waals surface area contributed by atoms with Crippen molar-refractivity contribution in [3.63, 3.8) is 0 Å². The van der Waals surface area contributed by atoms with Crippen molar-refractivity contribution in [3.05, 3.63) is 81.6 Å². The van der Waals surface area contributed by atoms with Crippen molar-refractivity contribution in [3.8, 4) is 0 Å². The molecule has 0 unspecified atom stereocenters. The van der Waals surface area contributed by atoms with Gasteiger partial charge in [0.2, 0.25) is 0 Å². The number of sulfonamides is 1. The van der Waals surface area contributed by atoms with Crippen LogP contribution in [0.5, 0.6) is 0 Å². The second-order valence-corrected chi connectivity index (χ2v) is 9.68. The number of benzene rings is 2. The molecule has 1 N–H and O–H groups in total. The van der Waals surface area contributed by atoms with E-state index in [1.54, 1.807) is 53.7 Å². The van der Waals surface area contributed by atoms with Crippen LogP contribution in [0.1, 0.15) is 15.9 Å². The first-order chi connectivity index (χ1) is 12.8. The minimum absolute atomic E-state index is 0.134. The molecule has 140 valence electrons. The molecule has 0 saturated heterocycles. The molecule has 8 heteroatoms. The van der Waals surface area contributed by atoms with Gasteiger partial charge >= 0.3 is 0 Å². The molecular weight excluding hydrogens is 448 g/mol. The summed E-state index contributed by atoms with van der Waals surface area (Å²) in [6.07, 6.45) is 0. The zero-order valence-electron chi connectivity index (χ0n) is 14.4. The number of carbonyl (C=O) groups excluding carboxylic acids is 1. The van der Waals surface area contributed by atoms with Gasteiger partial charge in [-0.25, -0.2) is 8.42 Å². The lowest BCUT2D eigenvalue weighted by Gasteiger charge is -2.17. The number of thiophene rings is 1. The van der Waals surface area contributed by atoms with Gasteiger partial charge in [-0.2, -0.15) is 0 Å². The molecule has 1 aromatic heterocycles. The highest BCUT2D eigenvalue weighted by atomic mass is 79.9. The summed E-state index contributed by atoms with van der Waals surface area (Å²) >= 11 is 4.54. The molecule has 0 fully saturated rings. The van der Waals surface area contributed by atoms with Gasteiger partial charge in [-0.05, 0) is 53.4 Å². The molecule has 5 nitrogen and oxygen atoms in total. The number of hydrogen-bond donors (Lipinski definition) is 1. The first kappa shape index (κ1) is 19.6. The van der Waals surface area contributed by atoms with Gasteiger partial charge in [-0.15, -0.1) is 11.3 Å². The number of hydrogen-bond acceptors (Lipinski definition) is 4. The number of carbonyl (C=O) groups is 1. The van der Waals surface area contributed by atoms with Gasteiger partial charge in [0.15, 0.2) is 0 Å². The van der Waals surface area contributed by atoms with Crippen LogP contribution in [0.4, 0.5) is 5.69 Å². The molecule has 0 saturated carbocycles. The van der Waals surface area contributed by atoms with E-state index in [-0.39, 0.29) is 10.1 Å². The SMILES string of the molecule is CN(Cc1ccc(Br)cc1)C(=O)c1ccc(NS(=O)(=O)c2cccs2)cc1. The first-order valence-corrected chi connectivity index (χ1v) is 11.2. The third-order valence-electron chi connectivity index (χ3n) is 3.82. The van der Waals surface area contributed by atoms with Gasteiger partial charge in [0, 0.05) is 29.3 Å². The largest absolute Gasteiger partial charge is 0.337 e. The van der Waals surface area contributed by atoms with Crippen molar-refractivity contribution in [2.45, 2.75) is 10.8 Å². The summed E-state index contributed by atoms with van der Waals surface area (Å²) in [7, 11) is -1.86. The molecule has 0 atom stereocenters. The zero-order chi connectivity index (χ0) is 19.4. The number of amides is 1. The molecule has 1 amide bonds. The molecule has 27 heavy (non-hydrogen) atoms. The third kappa shape index (κ3) is 4.97. The van der Waals surface area contributed by atoms with Crippen LogP contribution in [-0.2, 0) is 16.6 Å². The van der Waals surface area contributed by atoms with Crippen LogP contribution in [0.25, 0.3) is 0 Å². The normalized spacial score (nSPS) is 11.2. The lowest BCUT2D eigenvalue weighted by atomic mass is 10.1. The van der Waals surface area contributed by atoms with E-state index in [9.17, 15) is 13.2 Å². The van der Waals surface area contributed by atoms with Gasteiger partial charge in [0.25, 0.3) is 15.9 Å². The van der Waals surface area contributed by atoms with Crippen LogP contribution >= 0.6 is 27.3 Å². The summed E-state index contributed by atoms with van der Waals surface area (Å²) in [6.45, 7) is 0.485. The van der Waals surface area contributed by atoms with Crippen LogP contribution in [0, 0.1) is 0 Å². The van der Waals surface area contributed by atoms with Crippen LogP contribution in [-0.4, -0.2) is 26.3 Å². The van der Waals surface area contributed by atoms with Crippen molar-refractivity contribution in [2.75, 3.05) is 11.8 Å². The summed E-state index contributed by atoms with van der Waals surface area (Å²) in [5.74, 6) is -0.134. The minimum atomic E-state index is -3.59. The van der Waals surface area contributed by atoms with Crippen molar-refractivity contribution >= 4 is 48.9 Å². The zero-order valence-corrected chi connectivity index (χ0v) is 17.6. The van der Waals surface area contributed by atoms with Crippen LogP contribution in [0.3, 0.4) is 0 Å².